The number of rotatable bonds is 8. The lowest BCUT2D eigenvalue weighted by molar-refractivity contribution is -0.108. The Balaban J connectivity index is 1.49. The van der Waals surface area contributed by atoms with E-state index >= 15 is 0 Å². The minimum absolute atomic E-state index is 0.404. The van der Waals surface area contributed by atoms with Crippen LogP contribution in [0.1, 0.15) is 36.7 Å². The summed E-state index contributed by atoms with van der Waals surface area (Å²) < 4.78 is 5.42. The van der Waals surface area contributed by atoms with Crippen LogP contribution in [-0.4, -0.2) is 53.6 Å². The molecule has 1 atom stereocenters. The van der Waals surface area contributed by atoms with Gasteiger partial charge >= 0.3 is 0 Å². The van der Waals surface area contributed by atoms with E-state index in [4.69, 9.17) is 15.5 Å². The normalized spacial score (nSPS) is 18.8. The molecule has 1 saturated heterocycles. The van der Waals surface area contributed by atoms with Crippen molar-refractivity contribution in [2.45, 2.75) is 45.4 Å². The molecule has 1 fully saturated rings. The van der Waals surface area contributed by atoms with E-state index in [1.807, 2.05) is 4.90 Å². The molecule has 1 unspecified atom stereocenters. The summed E-state index contributed by atoms with van der Waals surface area (Å²) in [6.07, 6.45) is 3.25. The largest absolute Gasteiger partial charge is 0.382 e. The van der Waals surface area contributed by atoms with Crippen LogP contribution in [0.5, 0.6) is 0 Å². The summed E-state index contributed by atoms with van der Waals surface area (Å²) >= 11 is 0. The molecule has 30 heavy (non-hydrogen) atoms. The number of aldehydes is 1. The predicted octanol–water partition coefficient (Wildman–Crippen LogP) is 2.19. The molecule has 2 aromatic rings. The third-order valence-electron chi connectivity index (χ3n) is 5.63. The van der Waals surface area contributed by atoms with Gasteiger partial charge in [-0.05, 0) is 17.5 Å². The van der Waals surface area contributed by atoms with Crippen LogP contribution in [-0.2, 0) is 29.0 Å². The van der Waals surface area contributed by atoms with Crippen LogP contribution in [0.4, 0.5) is 17.3 Å². The summed E-state index contributed by atoms with van der Waals surface area (Å²) in [5, 5.41) is 3.16. The highest BCUT2D eigenvalue weighted by Crippen LogP contribution is 2.37. The number of ether oxygens (including phenoxy) is 1. The number of aromatic nitrogens is 2. The average molecular weight is 411 g/mol. The van der Waals surface area contributed by atoms with Gasteiger partial charge in [0.25, 0.3) is 0 Å². The van der Waals surface area contributed by atoms with Crippen LogP contribution >= 0.6 is 0 Å². The number of nitrogens with zero attached hydrogens (tertiary/aromatic N) is 4. The first-order chi connectivity index (χ1) is 14.7. The van der Waals surface area contributed by atoms with Crippen molar-refractivity contribution in [1.82, 2.24) is 14.9 Å². The van der Waals surface area contributed by atoms with Crippen molar-refractivity contribution in [1.29, 1.82) is 0 Å². The maximum atomic E-state index is 11.7. The van der Waals surface area contributed by atoms with Gasteiger partial charge in [-0.25, -0.2) is 9.97 Å². The van der Waals surface area contributed by atoms with Crippen LogP contribution in [0.15, 0.2) is 24.3 Å². The highest BCUT2D eigenvalue weighted by molar-refractivity contribution is 5.87. The average Bonchev–Trinajstić information content (AvgIpc) is 3.12. The van der Waals surface area contributed by atoms with Crippen molar-refractivity contribution in [2.24, 2.45) is 0 Å². The number of anilines is 3. The molecular weight excluding hydrogens is 380 g/mol. The van der Waals surface area contributed by atoms with Gasteiger partial charge in [0.05, 0.1) is 13.2 Å². The second kappa shape index (κ2) is 9.40. The predicted molar refractivity (Wildman–Crippen MR) is 117 cm³/mol. The quantitative estimate of drug-likeness (QED) is 0.640. The molecular formula is C22H30N6O2. The molecule has 8 heteroatoms. The Labute approximate surface area is 177 Å². The van der Waals surface area contributed by atoms with E-state index < -0.39 is 6.17 Å². The van der Waals surface area contributed by atoms with Crippen LogP contribution in [0, 0.1) is 0 Å². The SMILES string of the molecule is CCCCc1nc(N)c2c(n1)N(Cc1ccc(CN3CCOCC3)cc1)C(C=O)N2. The standard InChI is InChI=1S/C22H30N6O2/c1-2-3-4-18-24-21(23)20-22(25-18)28(19(15-29)26-20)14-17-7-5-16(6-8-17)13-27-9-11-30-12-10-27/h5-8,15,19,26H,2-4,9-14H2,1H3,(H2,23,24,25). The summed E-state index contributed by atoms with van der Waals surface area (Å²) in [6, 6.07) is 8.56. The first kappa shape index (κ1) is 20.6. The molecule has 0 saturated carbocycles. The maximum absolute atomic E-state index is 11.7. The number of morpholine rings is 1. The summed E-state index contributed by atoms with van der Waals surface area (Å²) in [5.41, 5.74) is 9.20. The zero-order valence-corrected chi connectivity index (χ0v) is 17.5. The fourth-order valence-electron chi connectivity index (χ4n) is 3.91. The molecule has 1 aromatic heterocycles. The van der Waals surface area contributed by atoms with E-state index in [1.165, 1.54) is 5.56 Å². The number of nitrogen functional groups attached to an aromatic ring is 1. The zero-order valence-electron chi connectivity index (χ0n) is 17.5. The molecule has 3 heterocycles. The highest BCUT2D eigenvalue weighted by Gasteiger charge is 2.32. The Kier molecular flexibility index (Phi) is 6.44. The lowest BCUT2D eigenvalue weighted by Crippen LogP contribution is -2.36. The first-order valence-electron chi connectivity index (χ1n) is 10.7. The van der Waals surface area contributed by atoms with Crippen LogP contribution in [0.3, 0.4) is 0 Å². The van der Waals surface area contributed by atoms with Crippen molar-refractivity contribution in [3.05, 3.63) is 41.2 Å². The Morgan fingerprint density at radius 3 is 2.53 bits per heavy atom. The number of carbonyl (C=O) groups is 1. The number of hydrogen-bond acceptors (Lipinski definition) is 8. The van der Waals surface area contributed by atoms with Crippen molar-refractivity contribution < 1.29 is 9.53 Å². The van der Waals surface area contributed by atoms with Gasteiger partial charge in [-0.3, -0.25) is 9.69 Å². The number of nitrogens with one attached hydrogen (secondary N) is 1. The summed E-state index contributed by atoms with van der Waals surface area (Å²) in [5.74, 6) is 1.84. The molecule has 0 radical (unpaired) electrons. The van der Waals surface area contributed by atoms with Gasteiger partial charge in [0, 0.05) is 32.6 Å². The van der Waals surface area contributed by atoms with Gasteiger partial charge in [-0.1, -0.05) is 37.6 Å². The number of unbranched alkanes of at least 4 members (excludes halogenated alkanes) is 1. The first-order valence-corrected chi connectivity index (χ1v) is 10.7. The molecule has 0 spiro atoms. The van der Waals surface area contributed by atoms with Gasteiger partial charge in [0.15, 0.2) is 24.1 Å². The summed E-state index contributed by atoms with van der Waals surface area (Å²) in [7, 11) is 0. The topological polar surface area (TPSA) is 96.6 Å². The van der Waals surface area contributed by atoms with Crippen molar-refractivity contribution in [3.63, 3.8) is 0 Å². The summed E-state index contributed by atoms with van der Waals surface area (Å²) in [4.78, 5) is 25.2. The molecule has 160 valence electrons. The lowest BCUT2D eigenvalue weighted by atomic mass is 10.1. The third kappa shape index (κ3) is 4.55. The van der Waals surface area contributed by atoms with Crippen LogP contribution < -0.4 is 16.0 Å². The Morgan fingerprint density at radius 2 is 1.87 bits per heavy atom. The van der Waals surface area contributed by atoms with Crippen molar-refractivity contribution in [2.75, 3.05) is 42.3 Å². The fraction of sp³-hybridized carbons (Fsp3) is 0.500. The number of benzene rings is 1. The fourth-order valence-corrected chi connectivity index (χ4v) is 3.91. The van der Waals surface area contributed by atoms with E-state index in [1.54, 1.807) is 0 Å². The molecule has 0 bridgehead atoms. The third-order valence-corrected chi connectivity index (χ3v) is 5.63. The van der Waals surface area contributed by atoms with Gasteiger partial charge < -0.3 is 20.7 Å². The molecule has 2 aliphatic heterocycles. The minimum Gasteiger partial charge on any atom is -0.382 e. The lowest BCUT2D eigenvalue weighted by Gasteiger charge is -2.26. The molecule has 3 N–H and O–H groups in total. The molecule has 8 nitrogen and oxygen atoms in total. The van der Waals surface area contributed by atoms with Gasteiger partial charge in [0.1, 0.15) is 11.5 Å². The number of hydrogen-bond donors (Lipinski definition) is 2. The van der Waals surface area contributed by atoms with E-state index in [9.17, 15) is 4.79 Å². The molecule has 0 amide bonds. The van der Waals surface area contributed by atoms with E-state index in [0.717, 1.165) is 69.8 Å². The maximum Gasteiger partial charge on any atom is 0.162 e. The van der Waals surface area contributed by atoms with Crippen molar-refractivity contribution in [3.8, 4) is 0 Å². The van der Waals surface area contributed by atoms with E-state index in [-0.39, 0.29) is 0 Å². The van der Waals surface area contributed by atoms with Crippen LogP contribution in [0.25, 0.3) is 0 Å². The van der Waals surface area contributed by atoms with Gasteiger partial charge in [-0.15, -0.1) is 0 Å². The zero-order chi connectivity index (χ0) is 20.9. The second-order valence-corrected chi connectivity index (χ2v) is 7.89. The minimum atomic E-state index is -0.494. The Morgan fingerprint density at radius 1 is 1.17 bits per heavy atom. The second-order valence-electron chi connectivity index (χ2n) is 7.89. The van der Waals surface area contributed by atoms with Gasteiger partial charge in [0.2, 0.25) is 0 Å². The molecule has 1 aromatic carbocycles. The van der Waals surface area contributed by atoms with Gasteiger partial charge in [-0.2, -0.15) is 0 Å². The van der Waals surface area contributed by atoms with Crippen molar-refractivity contribution >= 4 is 23.6 Å². The van der Waals surface area contributed by atoms with E-state index in [2.05, 4.69) is 46.4 Å². The number of aryl methyl sites for hydroxylation is 1. The number of fused-ring (bicyclic) bond motifs is 1. The smallest absolute Gasteiger partial charge is 0.162 e. The summed E-state index contributed by atoms with van der Waals surface area (Å²) in [6.45, 7) is 7.19. The molecule has 2 aliphatic rings. The van der Waals surface area contributed by atoms with E-state index in [0.29, 0.717) is 23.9 Å². The monoisotopic (exact) mass is 410 g/mol. The molecule has 4 rings (SSSR count). The molecule has 0 aliphatic carbocycles. The highest BCUT2D eigenvalue weighted by atomic mass is 16.5. The number of nitrogens with two attached hydrogens (primary N) is 1. The number of carbonyl (C=O) groups excluding carboxylic acids is 1. The van der Waals surface area contributed by atoms with Crippen LogP contribution in [0.2, 0.25) is 0 Å². The Bertz CT molecular complexity index is 867. The Hall–Kier alpha value is -2.71.